The predicted octanol–water partition coefficient (Wildman–Crippen LogP) is 2.99. The van der Waals surface area contributed by atoms with Crippen LogP contribution < -0.4 is 0 Å². The van der Waals surface area contributed by atoms with Crippen molar-refractivity contribution in [3.8, 4) is 11.3 Å². The number of carbonyl (C=O) groups is 1. The third kappa shape index (κ3) is 2.31. The number of halogens is 1. The van der Waals surface area contributed by atoms with Gasteiger partial charge in [0.2, 0.25) is 0 Å². The molecule has 2 N–H and O–H groups in total. The highest BCUT2D eigenvalue weighted by molar-refractivity contribution is 6.30. The Kier molecular flexibility index (Phi) is 3.15. The van der Waals surface area contributed by atoms with Gasteiger partial charge in [-0.3, -0.25) is 5.10 Å². The summed E-state index contributed by atoms with van der Waals surface area (Å²) in [5, 5.41) is 15.9. The molecular weight excluding hydrogens is 240 g/mol. The zero-order valence-corrected chi connectivity index (χ0v) is 9.95. The molecule has 88 valence electrons. The molecule has 1 aromatic heterocycles. The molecule has 0 fully saturated rings. The molecule has 0 aliphatic carbocycles. The second-order valence-corrected chi connectivity index (χ2v) is 4.06. The van der Waals surface area contributed by atoms with E-state index in [0.29, 0.717) is 10.7 Å². The van der Waals surface area contributed by atoms with Gasteiger partial charge in [0.25, 0.3) is 0 Å². The number of aromatic amines is 1. The fraction of sp³-hybridized carbons (Fsp3) is 0.167. The van der Waals surface area contributed by atoms with Crippen molar-refractivity contribution in [2.45, 2.75) is 13.3 Å². The molecule has 0 radical (unpaired) electrons. The molecule has 0 atom stereocenters. The Morgan fingerprint density at radius 1 is 1.47 bits per heavy atom. The topological polar surface area (TPSA) is 66.0 Å². The van der Waals surface area contributed by atoms with E-state index in [1.165, 1.54) is 6.07 Å². The molecule has 17 heavy (non-hydrogen) atoms. The molecule has 1 aromatic carbocycles. The number of hydrogen-bond donors (Lipinski definition) is 2. The van der Waals surface area contributed by atoms with Crippen LogP contribution in [-0.2, 0) is 6.42 Å². The van der Waals surface area contributed by atoms with Gasteiger partial charge in [-0.25, -0.2) is 4.79 Å². The van der Waals surface area contributed by atoms with Crippen molar-refractivity contribution >= 4 is 17.6 Å². The second kappa shape index (κ2) is 4.59. The van der Waals surface area contributed by atoms with Crippen LogP contribution in [0.5, 0.6) is 0 Å². The highest BCUT2D eigenvalue weighted by atomic mass is 35.5. The number of aromatic nitrogens is 2. The zero-order valence-electron chi connectivity index (χ0n) is 9.20. The Bertz CT molecular complexity index is 563. The lowest BCUT2D eigenvalue weighted by Crippen LogP contribution is -1.95. The number of carboxylic acids is 1. The summed E-state index contributed by atoms with van der Waals surface area (Å²) in [6.07, 6.45) is 0.835. The van der Waals surface area contributed by atoms with Gasteiger partial charge in [-0.1, -0.05) is 24.6 Å². The maximum absolute atomic E-state index is 10.8. The van der Waals surface area contributed by atoms with Gasteiger partial charge in [-0.15, -0.1) is 0 Å². The summed E-state index contributed by atoms with van der Waals surface area (Å²) in [5.74, 6) is -1.02. The molecule has 4 nitrogen and oxygen atoms in total. The average Bonchev–Trinajstić information content (AvgIpc) is 2.78. The van der Waals surface area contributed by atoms with Crippen LogP contribution in [-0.4, -0.2) is 21.3 Å². The molecule has 0 saturated carbocycles. The quantitative estimate of drug-likeness (QED) is 0.880. The van der Waals surface area contributed by atoms with E-state index >= 15 is 0 Å². The lowest BCUT2D eigenvalue weighted by Gasteiger charge is -2.04. The number of benzene rings is 1. The first-order chi connectivity index (χ1) is 8.11. The number of aryl methyl sites for hydroxylation is 1. The van der Waals surface area contributed by atoms with Crippen molar-refractivity contribution in [2.24, 2.45) is 0 Å². The summed E-state index contributed by atoms with van der Waals surface area (Å²) in [7, 11) is 0. The standard InChI is InChI=1S/C12H11ClN2O2/c1-2-7-3-4-8(13)5-9(7)10-6-11(12(16)17)15-14-10/h3-6H,2H2,1H3,(H,14,15)(H,16,17). The summed E-state index contributed by atoms with van der Waals surface area (Å²) < 4.78 is 0. The molecule has 1 heterocycles. The first-order valence-corrected chi connectivity index (χ1v) is 5.57. The highest BCUT2D eigenvalue weighted by Gasteiger charge is 2.12. The van der Waals surface area contributed by atoms with Gasteiger partial charge >= 0.3 is 5.97 Å². The molecule has 5 heteroatoms. The molecule has 0 saturated heterocycles. The Labute approximate surface area is 103 Å². The van der Waals surface area contributed by atoms with Gasteiger partial charge in [-0.2, -0.15) is 5.10 Å². The van der Waals surface area contributed by atoms with Crippen molar-refractivity contribution in [1.29, 1.82) is 0 Å². The molecule has 0 unspecified atom stereocenters. The van der Waals surface area contributed by atoms with Crippen molar-refractivity contribution in [3.05, 3.63) is 40.5 Å². The molecule has 0 bridgehead atoms. The maximum Gasteiger partial charge on any atom is 0.353 e. The van der Waals surface area contributed by atoms with Gasteiger partial charge in [0.05, 0.1) is 5.69 Å². The molecule has 0 aliphatic rings. The third-order valence-corrected chi connectivity index (χ3v) is 2.77. The van der Waals surface area contributed by atoms with Crippen molar-refractivity contribution in [1.82, 2.24) is 10.2 Å². The van der Waals surface area contributed by atoms with Crippen LogP contribution in [0.1, 0.15) is 23.0 Å². The van der Waals surface area contributed by atoms with Gasteiger partial charge in [0.15, 0.2) is 0 Å². The molecule has 0 spiro atoms. The minimum atomic E-state index is -1.02. The predicted molar refractivity (Wildman–Crippen MR) is 65.4 cm³/mol. The largest absolute Gasteiger partial charge is 0.477 e. The zero-order chi connectivity index (χ0) is 12.4. The molecular formula is C12H11ClN2O2. The second-order valence-electron chi connectivity index (χ2n) is 3.63. The number of aromatic carboxylic acids is 1. The molecule has 0 aliphatic heterocycles. The SMILES string of the molecule is CCc1ccc(Cl)cc1-c1cc(C(=O)O)[nH]n1. The van der Waals surface area contributed by atoms with Gasteiger partial charge < -0.3 is 5.11 Å². The van der Waals surface area contributed by atoms with E-state index in [0.717, 1.165) is 17.5 Å². The van der Waals surface area contributed by atoms with E-state index in [2.05, 4.69) is 10.2 Å². The van der Waals surface area contributed by atoms with Gasteiger partial charge in [0.1, 0.15) is 5.69 Å². The number of rotatable bonds is 3. The highest BCUT2D eigenvalue weighted by Crippen LogP contribution is 2.26. The smallest absolute Gasteiger partial charge is 0.353 e. The van der Waals surface area contributed by atoms with Crippen LogP contribution in [0.3, 0.4) is 0 Å². The third-order valence-electron chi connectivity index (χ3n) is 2.54. The normalized spacial score (nSPS) is 10.5. The van der Waals surface area contributed by atoms with Crippen LogP contribution in [0.4, 0.5) is 0 Å². The summed E-state index contributed by atoms with van der Waals surface area (Å²) in [6, 6.07) is 7.04. The molecule has 2 aromatic rings. The van der Waals surface area contributed by atoms with Crippen molar-refractivity contribution in [2.75, 3.05) is 0 Å². The average molecular weight is 251 g/mol. The number of nitrogens with one attached hydrogen (secondary N) is 1. The summed E-state index contributed by atoms with van der Waals surface area (Å²) in [4.78, 5) is 10.8. The fourth-order valence-corrected chi connectivity index (χ4v) is 1.84. The van der Waals surface area contributed by atoms with Crippen LogP contribution in [0, 0.1) is 0 Å². The lowest BCUT2D eigenvalue weighted by molar-refractivity contribution is 0.0690. The monoisotopic (exact) mass is 250 g/mol. The minimum absolute atomic E-state index is 0.0713. The Morgan fingerprint density at radius 2 is 2.24 bits per heavy atom. The summed E-state index contributed by atoms with van der Waals surface area (Å²) in [5.41, 5.74) is 2.62. The molecule has 2 rings (SSSR count). The van der Waals surface area contributed by atoms with Gasteiger partial charge in [-0.05, 0) is 30.2 Å². The number of H-pyrrole nitrogens is 1. The Hall–Kier alpha value is -1.81. The van der Waals surface area contributed by atoms with Crippen LogP contribution >= 0.6 is 11.6 Å². The van der Waals surface area contributed by atoms with E-state index < -0.39 is 5.97 Å². The maximum atomic E-state index is 10.8. The summed E-state index contributed by atoms with van der Waals surface area (Å²) >= 11 is 5.94. The van der Waals surface area contributed by atoms with Gasteiger partial charge in [0, 0.05) is 10.6 Å². The van der Waals surface area contributed by atoms with Crippen LogP contribution in [0.25, 0.3) is 11.3 Å². The Morgan fingerprint density at radius 3 is 2.82 bits per heavy atom. The van der Waals surface area contributed by atoms with E-state index in [-0.39, 0.29) is 5.69 Å². The first kappa shape index (κ1) is 11.7. The van der Waals surface area contributed by atoms with Crippen LogP contribution in [0.15, 0.2) is 24.3 Å². The Balaban J connectivity index is 2.51. The van der Waals surface area contributed by atoms with E-state index in [4.69, 9.17) is 16.7 Å². The van der Waals surface area contributed by atoms with E-state index in [1.54, 1.807) is 6.07 Å². The number of carboxylic acid groups (broad SMARTS) is 1. The number of hydrogen-bond acceptors (Lipinski definition) is 2. The van der Waals surface area contributed by atoms with E-state index in [9.17, 15) is 4.79 Å². The molecule has 0 amide bonds. The minimum Gasteiger partial charge on any atom is -0.477 e. The van der Waals surface area contributed by atoms with Crippen molar-refractivity contribution in [3.63, 3.8) is 0 Å². The first-order valence-electron chi connectivity index (χ1n) is 5.19. The number of nitrogens with zero attached hydrogens (tertiary/aromatic N) is 1. The van der Waals surface area contributed by atoms with Crippen molar-refractivity contribution < 1.29 is 9.90 Å². The fourth-order valence-electron chi connectivity index (χ4n) is 1.66. The van der Waals surface area contributed by atoms with E-state index in [1.807, 2.05) is 19.1 Å². The van der Waals surface area contributed by atoms with Crippen LogP contribution in [0.2, 0.25) is 5.02 Å². The lowest BCUT2D eigenvalue weighted by atomic mass is 10.0. The summed E-state index contributed by atoms with van der Waals surface area (Å²) in [6.45, 7) is 2.03.